The Morgan fingerprint density at radius 1 is 0.964 bits per heavy atom. The highest BCUT2D eigenvalue weighted by molar-refractivity contribution is 6.03. The molecule has 0 aliphatic rings. The third-order valence-electron chi connectivity index (χ3n) is 4.41. The minimum absolute atomic E-state index is 0.0352. The van der Waals surface area contributed by atoms with Gasteiger partial charge in [0.05, 0.1) is 12.0 Å². The number of rotatable bonds is 6. The molecule has 0 spiro atoms. The summed E-state index contributed by atoms with van der Waals surface area (Å²) in [5.74, 6) is 0.843. The largest absolute Gasteiger partial charge is 0.477 e. The Morgan fingerprint density at radius 2 is 1.68 bits per heavy atom. The van der Waals surface area contributed by atoms with E-state index in [1.807, 2.05) is 62.1 Å². The molecule has 0 saturated heterocycles. The van der Waals surface area contributed by atoms with E-state index in [-0.39, 0.29) is 11.7 Å². The lowest BCUT2D eigenvalue weighted by molar-refractivity contribution is 0.327. The molecule has 2 heterocycles. The number of nitriles is 2. The number of nitrogens with zero attached hydrogens (tertiary/aromatic N) is 6. The highest BCUT2D eigenvalue weighted by Gasteiger charge is 2.24. The zero-order valence-electron chi connectivity index (χ0n) is 16.1. The lowest BCUT2D eigenvalue weighted by Gasteiger charge is -2.23. The molecule has 0 radical (unpaired) electrons. The maximum atomic E-state index is 9.91. The first-order valence-corrected chi connectivity index (χ1v) is 9.17. The second-order valence-electron chi connectivity index (χ2n) is 5.93. The Hall–Kier alpha value is -3.71. The molecule has 140 valence electrons. The van der Waals surface area contributed by atoms with E-state index in [2.05, 4.69) is 21.0 Å². The standard InChI is InChI=1S/C21H20N6O/c1-4-27(5-2)20-18-17(14-10-8-7-9-11-14)15(12-22)21(28-6-3)26-19(18)24-16(13-23)25-20/h7-11H,4-6H2,1-3H3. The molecule has 1 aromatic carbocycles. The van der Waals surface area contributed by atoms with Gasteiger partial charge in [0.2, 0.25) is 11.7 Å². The number of hydrogen-bond donors (Lipinski definition) is 0. The van der Waals surface area contributed by atoms with Crippen LogP contribution in [0.4, 0.5) is 5.82 Å². The Balaban J connectivity index is 2.54. The molecule has 28 heavy (non-hydrogen) atoms. The number of fused-ring (bicyclic) bond motifs is 1. The smallest absolute Gasteiger partial charge is 0.236 e. The van der Waals surface area contributed by atoms with Crippen LogP contribution in [0.15, 0.2) is 30.3 Å². The van der Waals surface area contributed by atoms with E-state index in [0.717, 1.165) is 5.56 Å². The minimum Gasteiger partial charge on any atom is -0.477 e. The van der Waals surface area contributed by atoms with Gasteiger partial charge in [-0.1, -0.05) is 30.3 Å². The predicted octanol–water partition coefficient (Wildman–Crippen LogP) is 3.68. The van der Waals surface area contributed by atoms with Crippen LogP contribution in [0.5, 0.6) is 5.88 Å². The molecule has 0 fully saturated rings. The Labute approximate surface area is 163 Å². The molecule has 0 aliphatic carbocycles. The van der Waals surface area contributed by atoms with Crippen molar-refractivity contribution in [3.8, 4) is 29.1 Å². The van der Waals surface area contributed by atoms with Crippen LogP contribution in [0.3, 0.4) is 0 Å². The van der Waals surface area contributed by atoms with Crippen LogP contribution >= 0.6 is 0 Å². The summed E-state index contributed by atoms with van der Waals surface area (Å²) in [6.07, 6.45) is 0. The van der Waals surface area contributed by atoms with Gasteiger partial charge in [-0.15, -0.1) is 0 Å². The van der Waals surface area contributed by atoms with Gasteiger partial charge in [-0.05, 0) is 26.3 Å². The van der Waals surface area contributed by atoms with Gasteiger partial charge in [0, 0.05) is 18.7 Å². The van der Waals surface area contributed by atoms with E-state index in [1.165, 1.54) is 0 Å². The van der Waals surface area contributed by atoms with Crippen molar-refractivity contribution in [1.82, 2.24) is 15.0 Å². The average Bonchev–Trinajstić information content (AvgIpc) is 2.74. The third-order valence-corrected chi connectivity index (χ3v) is 4.41. The van der Waals surface area contributed by atoms with Crippen LogP contribution in [-0.2, 0) is 0 Å². The second kappa shape index (κ2) is 8.32. The van der Waals surface area contributed by atoms with Crippen molar-refractivity contribution >= 4 is 16.9 Å². The molecule has 0 N–H and O–H groups in total. The molecule has 0 saturated carbocycles. The van der Waals surface area contributed by atoms with Crippen molar-refractivity contribution in [1.29, 1.82) is 10.5 Å². The highest BCUT2D eigenvalue weighted by atomic mass is 16.5. The summed E-state index contributed by atoms with van der Waals surface area (Å²) in [5, 5.41) is 20.0. The normalized spacial score (nSPS) is 10.3. The van der Waals surface area contributed by atoms with Crippen LogP contribution < -0.4 is 9.64 Å². The van der Waals surface area contributed by atoms with Crippen molar-refractivity contribution in [2.24, 2.45) is 0 Å². The number of hydrogen-bond acceptors (Lipinski definition) is 7. The SMILES string of the molecule is CCOc1nc2nc(C#N)nc(N(CC)CC)c2c(-c2ccccc2)c1C#N. The molecule has 0 aliphatic heterocycles. The van der Waals surface area contributed by atoms with E-state index in [4.69, 9.17) is 4.74 Å². The fourth-order valence-corrected chi connectivity index (χ4v) is 3.17. The second-order valence-corrected chi connectivity index (χ2v) is 5.93. The molecule has 7 heteroatoms. The fourth-order valence-electron chi connectivity index (χ4n) is 3.17. The molecule has 7 nitrogen and oxygen atoms in total. The van der Waals surface area contributed by atoms with Crippen molar-refractivity contribution in [2.45, 2.75) is 20.8 Å². The molecule has 3 aromatic rings. The molecule has 3 rings (SSSR count). The van der Waals surface area contributed by atoms with Gasteiger partial charge in [0.1, 0.15) is 23.5 Å². The zero-order valence-corrected chi connectivity index (χ0v) is 16.1. The molecule has 2 aromatic heterocycles. The minimum atomic E-state index is 0.0352. The first kappa shape index (κ1) is 19.1. The van der Waals surface area contributed by atoms with Gasteiger partial charge in [0.15, 0.2) is 5.65 Å². The molecule has 0 bridgehead atoms. The summed E-state index contributed by atoms with van der Waals surface area (Å²) in [4.78, 5) is 15.3. The number of ether oxygens (including phenoxy) is 1. The Kier molecular flexibility index (Phi) is 5.67. The summed E-state index contributed by atoms with van der Waals surface area (Å²) >= 11 is 0. The van der Waals surface area contributed by atoms with Crippen molar-refractivity contribution < 1.29 is 4.74 Å². The van der Waals surface area contributed by atoms with Crippen molar-refractivity contribution in [2.75, 3.05) is 24.6 Å². The van der Waals surface area contributed by atoms with Gasteiger partial charge < -0.3 is 9.64 Å². The average molecular weight is 372 g/mol. The van der Waals surface area contributed by atoms with Crippen LogP contribution in [0.25, 0.3) is 22.2 Å². The third kappa shape index (κ3) is 3.30. The van der Waals surface area contributed by atoms with Crippen LogP contribution in [0.2, 0.25) is 0 Å². The lowest BCUT2D eigenvalue weighted by Crippen LogP contribution is -2.24. The quantitative estimate of drug-likeness (QED) is 0.651. The monoisotopic (exact) mass is 372 g/mol. The predicted molar refractivity (Wildman–Crippen MR) is 107 cm³/mol. The van der Waals surface area contributed by atoms with E-state index in [1.54, 1.807) is 0 Å². The summed E-state index contributed by atoms with van der Waals surface area (Å²) in [6.45, 7) is 7.60. The van der Waals surface area contributed by atoms with Gasteiger partial charge in [0.25, 0.3) is 0 Å². The summed E-state index contributed by atoms with van der Waals surface area (Å²) < 4.78 is 5.63. The maximum absolute atomic E-state index is 9.91. The molecular weight excluding hydrogens is 352 g/mol. The summed E-state index contributed by atoms with van der Waals surface area (Å²) in [7, 11) is 0. The fraction of sp³-hybridized carbons (Fsp3) is 0.286. The molecule has 0 amide bonds. The molecule has 0 unspecified atom stereocenters. The van der Waals surface area contributed by atoms with Gasteiger partial charge in [-0.2, -0.15) is 20.5 Å². The first-order valence-electron chi connectivity index (χ1n) is 9.17. The lowest BCUT2D eigenvalue weighted by atomic mass is 9.97. The Bertz CT molecular complexity index is 1080. The van der Waals surface area contributed by atoms with Crippen molar-refractivity contribution in [3.05, 3.63) is 41.7 Å². The molecule has 0 atom stereocenters. The van der Waals surface area contributed by atoms with Gasteiger partial charge in [-0.25, -0.2) is 4.98 Å². The number of pyridine rings is 1. The number of benzene rings is 1. The zero-order chi connectivity index (χ0) is 20.1. The van der Waals surface area contributed by atoms with E-state index >= 15 is 0 Å². The number of aromatic nitrogens is 3. The van der Waals surface area contributed by atoms with Crippen LogP contribution in [0.1, 0.15) is 32.2 Å². The molecular formula is C21H20N6O. The van der Waals surface area contributed by atoms with Gasteiger partial charge >= 0.3 is 0 Å². The maximum Gasteiger partial charge on any atom is 0.236 e. The topological polar surface area (TPSA) is 98.7 Å². The summed E-state index contributed by atoms with van der Waals surface area (Å²) in [5.41, 5.74) is 2.19. The summed E-state index contributed by atoms with van der Waals surface area (Å²) in [6, 6.07) is 13.8. The highest BCUT2D eigenvalue weighted by Crippen LogP contribution is 2.39. The van der Waals surface area contributed by atoms with E-state index in [9.17, 15) is 10.5 Å². The van der Waals surface area contributed by atoms with E-state index in [0.29, 0.717) is 47.7 Å². The number of anilines is 1. The Morgan fingerprint density at radius 3 is 2.25 bits per heavy atom. The van der Waals surface area contributed by atoms with Crippen molar-refractivity contribution in [3.63, 3.8) is 0 Å². The first-order chi connectivity index (χ1) is 13.7. The van der Waals surface area contributed by atoms with Gasteiger partial charge in [-0.3, -0.25) is 0 Å². The van der Waals surface area contributed by atoms with Crippen LogP contribution in [0, 0.1) is 22.7 Å². The van der Waals surface area contributed by atoms with Crippen LogP contribution in [-0.4, -0.2) is 34.6 Å². The van der Waals surface area contributed by atoms with E-state index < -0.39 is 0 Å².